The lowest BCUT2D eigenvalue weighted by molar-refractivity contribution is -0.127. The van der Waals surface area contributed by atoms with E-state index in [0.29, 0.717) is 18.0 Å². The highest BCUT2D eigenvalue weighted by molar-refractivity contribution is 6.30. The molecule has 1 heterocycles. The highest BCUT2D eigenvalue weighted by Gasteiger charge is 2.33. The van der Waals surface area contributed by atoms with E-state index < -0.39 is 5.92 Å². The Morgan fingerprint density at radius 2 is 2.04 bits per heavy atom. The van der Waals surface area contributed by atoms with Gasteiger partial charge in [0, 0.05) is 30.7 Å². The second-order valence-corrected chi connectivity index (χ2v) is 6.38. The van der Waals surface area contributed by atoms with Crippen LogP contribution in [0.15, 0.2) is 48.5 Å². The SMILES string of the molecule is CN1C(=O)CC(C(=O)NCCc2cccc(Cl)c2)c2ccccc21. The first kappa shape index (κ1) is 16.5. The van der Waals surface area contributed by atoms with Gasteiger partial charge >= 0.3 is 0 Å². The van der Waals surface area contributed by atoms with Crippen LogP contribution in [-0.2, 0) is 16.0 Å². The molecule has 2 aromatic carbocycles. The van der Waals surface area contributed by atoms with Gasteiger partial charge in [0.05, 0.1) is 5.92 Å². The molecule has 0 saturated carbocycles. The van der Waals surface area contributed by atoms with Crippen LogP contribution in [0.5, 0.6) is 0 Å². The van der Waals surface area contributed by atoms with E-state index in [2.05, 4.69) is 5.32 Å². The fourth-order valence-electron chi connectivity index (χ4n) is 3.02. The number of amides is 2. The lowest BCUT2D eigenvalue weighted by Crippen LogP contribution is -2.39. The summed E-state index contributed by atoms with van der Waals surface area (Å²) in [4.78, 5) is 26.3. The molecule has 0 aromatic heterocycles. The molecule has 4 nitrogen and oxygen atoms in total. The Morgan fingerprint density at radius 1 is 1.25 bits per heavy atom. The second kappa shape index (κ2) is 7.05. The van der Waals surface area contributed by atoms with Gasteiger partial charge in [-0.3, -0.25) is 9.59 Å². The number of anilines is 1. The van der Waals surface area contributed by atoms with E-state index in [4.69, 9.17) is 11.6 Å². The molecule has 2 amide bonds. The number of carbonyl (C=O) groups is 2. The zero-order valence-electron chi connectivity index (χ0n) is 13.5. The largest absolute Gasteiger partial charge is 0.355 e. The van der Waals surface area contributed by atoms with Gasteiger partial charge in [-0.05, 0) is 35.7 Å². The van der Waals surface area contributed by atoms with Crippen molar-refractivity contribution in [1.82, 2.24) is 5.32 Å². The Morgan fingerprint density at radius 3 is 2.83 bits per heavy atom. The topological polar surface area (TPSA) is 49.4 Å². The molecule has 5 heteroatoms. The first-order chi connectivity index (χ1) is 11.6. The molecule has 1 atom stereocenters. The van der Waals surface area contributed by atoms with Crippen molar-refractivity contribution in [3.63, 3.8) is 0 Å². The molecule has 1 N–H and O–H groups in total. The van der Waals surface area contributed by atoms with E-state index in [9.17, 15) is 9.59 Å². The highest BCUT2D eigenvalue weighted by Crippen LogP contribution is 2.35. The fraction of sp³-hybridized carbons (Fsp3) is 0.263. The average Bonchev–Trinajstić information content (AvgIpc) is 2.58. The van der Waals surface area contributed by atoms with E-state index >= 15 is 0 Å². The number of halogens is 1. The summed E-state index contributed by atoms with van der Waals surface area (Å²) in [6.45, 7) is 0.516. The number of fused-ring (bicyclic) bond motifs is 1. The zero-order chi connectivity index (χ0) is 17.1. The molecule has 1 aliphatic heterocycles. The Balaban J connectivity index is 1.67. The highest BCUT2D eigenvalue weighted by atomic mass is 35.5. The lowest BCUT2D eigenvalue weighted by atomic mass is 9.89. The molecular weight excluding hydrogens is 324 g/mol. The number of nitrogens with one attached hydrogen (secondary N) is 1. The summed E-state index contributed by atoms with van der Waals surface area (Å²) < 4.78 is 0. The predicted octanol–water partition coefficient (Wildman–Crippen LogP) is 3.15. The summed E-state index contributed by atoms with van der Waals surface area (Å²) in [6.07, 6.45) is 0.908. The van der Waals surface area contributed by atoms with Crippen molar-refractivity contribution < 1.29 is 9.59 Å². The van der Waals surface area contributed by atoms with E-state index in [-0.39, 0.29) is 18.2 Å². The minimum absolute atomic E-state index is 0.0382. The van der Waals surface area contributed by atoms with Crippen LogP contribution in [0.25, 0.3) is 0 Å². The summed E-state index contributed by atoms with van der Waals surface area (Å²) >= 11 is 5.96. The molecule has 3 rings (SSSR count). The van der Waals surface area contributed by atoms with Crippen molar-refractivity contribution in [3.05, 3.63) is 64.7 Å². The third kappa shape index (κ3) is 3.44. The molecule has 0 saturated heterocycles. The molecule has 1 aliphatic rings. The van der Waals surface area contributed by atoms with E-state index in [1.54, 1.807) is 11.9 Å². The monoisotopic (exact) mass is 342 g/mol. The van der Waals surface area contributed by atoms with Gasteiger partial charge < -0.3 is 10.2 Å². The molecule has 0 aliphatic carbocycles. The standard InChI is InChI=1S/C19H19ClN2O2/c1-22-17-8-3-2-7-15(17)16(12-18(22)23)19(24)21-10-9-13-5-4-6-14(20)11-13/h2-8,11,16H,9-10,12H2,1H3,(H,21,24). The van der Waals surface area contributed by atoms with Gasteiger partial charge in [0.15, 0.2) is 0 Å². The van der Waals surface area contributed by atoms with Crippen LogP contribution in [0.3, 0.4) is 0 Å². The van der Waals surface area contributed by atoms with Crippen LogP contribution in [0, 0.1) is 0 Å². The molecule has 0 fully saturated rings. The Kier molecular flexibility index (Phi) is 4.86. The fourth-order valence-corrected chi connectivity index (χ4v) is 3.24. The van der Waals surface area contributed by atoms with Gasteiger partial charge in [-0.1, -0.05) is 41.9 Å². The van der Waals surface area contributed by atoms with Gasteiger partial charge in [-0.25, -0.2) is 0 Å². The molecule has 0 radical (unpaired) electrons. The van der Waals surface area contributed by atoms with Crippen molar-refractivity contribution in [2.45, 2.75) is 18.8 Å². The summed E-state index contributed by atoms with van der Waals surface area (Å²) in [5.74, 6) is -0.570. The maximum absolute atomic E-state index is 12.6. The van der Waals surface area contributed by atoms with Gasteiger partial charge in [0.2, 0.25) is 11.8 Å². The Hall–Kier alpha value is -2.33. The number of rotatable bonds is 4. The number of nitrogens with zero attached hydrogens (tertiary/aromatic N) is 1. The second-order valence-electron chi connectivity index (χ2n) is 5.94. The summed E-state index contributed by atoms with van der Waals surface area (Å²) in [7, 11) is 1.74. The van der Waals surface area contributed by atoms with Crippen molar-refractivity contribution in [2.75, 3.05) is 18.5 Å². The maximum atomic E-state index is 12.6. The number of carbonyl (C=O) groups excluding carboxylic acids is 2. The van der Waals surface area contributed by atoms with Crippen LogP contribution in [0.2, 0.25) is 5.02 Å². The van der Waals surface area contributed by atoms with E-state index in [1.807, 2.05) is 48.5 Å². The quantitative estimate of drug-likeness (QED) is 0.928. The summed E-state index contributed by atoms with van der Waals surface area (Å²) in [5, 5.41) is 3.63. The third-order valence-corrected chi connectivity index (χ3v) is 4.58. The van der Waals surface area contributed by atoms with Crippen LogP contribution >= 0.6 is 11.6 Å². The van der Waals surface area contributed by atoms with E-state index in [1.165, 1.54) is 0 Å². The van der Waals surface area contributed by atoms with Crippen molar-refractivity contribution in [3.8, 4) is 0 Å². The van der Waals surface area contributed by atoms with E-state index in [0.717, 1.165) is 16.8 Å². The van der Waals surface area contributed by atoms with Gasteiger partial charge in [0.1, 0.15) is 0 Å². The lowest BCUT2D eigenvalue weighted by Gasteiger charge is -2.30. The van der Waals surface area contributed by atoms with Crippen LogP contribution in [-0.4, -0.2) is 25.4 Å². The number of hydrogen-bond donors (Lipinski definition) is 1. The average molecular weight is 343 g/mol. The molecular formula is C19H19ClN2O2. The number of benzene rings is 2. The first-order valence-corrected chi connectivity index (χ1v) is 8.31. The molecule has 24 heavy (non-hydrogen) atoms. The third-order valence-electron chi connectivity index (χ3n) is 4.34. The normalized spacial score (nSPS) is 16.7. The van der Waals surface area contributed by atoms with Gasteiger partial charge in [-0.15, -0.1) is 0 Å². The van der Waals surface area contributed by atoms with Crippen LogP contribution in [0.1, 0.15) is 23.5 Å². The van der Waals surface area contributed by atoms with Crippen molar-refractivity contribution >= 4 is 29.1 Å². The smallest absolute Gasteiger partial charge is 0.228 e. The molecule has 0 spiro atoms. The molecule has 1 unspecified atom stereocenters. The minimum atomic E-state index is -0.427. The number of para-hydroxylation sites is 1. The Labute approximate surface area is 146 Å². The summed E-state index contributed by atoms with van der Waals surface area (Å²) in [5.41, 5.74) is 2.78. The van der Waals surface area contributed by atoms with Crippen LogP contribution in [0.4, 0.5) is 5.69 Å². The van der Waals surface area contributed by atoms with Crippen LogP contribution < -0.4 is 10.2 Å². The first-order valence-electron chi connectivity index (χ1n) is 7.94. The van der Waals surface area contributed by atoms with Crippen molar-refractivity contribution in [2.24, 2.45) is 0 Å². The molecule has 124 valence electrons. The maximum Gasteiger partial charge on any atom is 0.228 e. The van der Waals surface area contributed by atoms with Gasteiger partial charge in [0.25, 0.3) is 0 Å². The minimum Gasteiger partial charge on any atom is -0.355 e. The summed E-state index contributed by atoms with van der Waals surface area (Å²) in [6, 6.07) is 15.2. The number of hydrogen-bond acceptors (Lipinski definition) is 2. The Bertz CT molecular complexity index is 775. The molecule has 0 bridgehead atoms. The molecule has 2 aromatic rings. The van der Waals surface area contributed by atoms with Gasteiger partial charge in [-0.2, -0.15) is 0 Å². The van der Waals surface area contributed by atoms with Crippen molar-refractivity contribution in [1.29, 1.82) is 0 Å². The zero-order valence-corrected chi connectivity index (χ0v) is 14.2. The predicted molar refractivity (Wildman–Crippen MR) is 95.4 cm³/mol.